The van der Waals surface area contributed by atoms with Crippen molar-refractivity contribution < 1.29 is 13.2 Å². The number of nitrogens with two attached hydrogens (primary N) is 1. The maximum absolute atomic E-state index is 12.2. The van der Waals surface area contributed by atoms with Crippen molar-refractivity contribution in [1.82, 2.24) is 9.21 Å². The van der Waals surface area contributed by atoms with Crippen molar-refractivity contribution in [3.63, 3.8) is 0 Å². The van der Waals surface area contributed by atoms with Crippen LogP contribution >= 0.6 is 0 Å². The molecule has 0 bridgehead atoms. The number of morpholine rings is 1. The summed E-state index contributed by atoms with van der Waals surface area (Å²) in [5, 5.41) is 0. The summed E-state index contributed by atoms with van der Waals surface area (Å²) >= 11 is 0. The number of unbranched alkanes of at least 4 members (excludes halogenated alkanes) is 1. The fraction of sp³-hybridized carbons (Fsp3) is 1.00. The molecule has 0 spiro atoms. The molecule has 0 aromatic rings. The number of sulfonamides is 1. The van der Waals surface area contributed by atoms with Gasteiger partial charge in [0.25, 0.3) is 0 Å². The second kappa shape index (κ2) is 6.99. The Bertz CT molecular complexity index is 368. The molecule has 7 heteroatoms. The highest BCUT2D eigenvalue weighted by Crippen LogP contribution is 2.20. The topological polar surface area (TPSA) is 75.9 Å². The van der Waals surface area contributed by atoms with Crippen molar-refractivity contribution in [2.45, 2.75) is 25.3 Å². The summed E-state index contributed by atoms with van der Waals surface area (Å²) in [7, 11) is -3.08. The van der Waals surface area contributed by atoms with Gasteiger partial charge in [-0.25, -0.2) is 12.7 Å². The molecule has 2 aliphatic heterocycles. The molecular weight excluding hydrogens is 266 g/mol. The Morgan fingerprint density at radius 1 is 1.16 bits per heavy atom. The summed E-state index contributed by atoms with van der Waals surface area (Å²) in [5.41, 5.74) is 5.40. The predicted molar refractivity (Wildman–Crippen MR) is 74.4 cm³/mol. The molecule has 0 aliphatic carbocycles. The van der Waals surface area contributed by atoms with Crippen molar-refractivity contribution >= 4 is 10.0 Å². The number of rotatable bonds is 6. The Kier molecular flexibility index (Phi) is 5.58. The minimum Gasteiger partial charge on any atom is -0.379 e. The number of ether oxygens (including phenoxy) is 1. The number of hydrogen-bond donors (Lipinski definition) is 1. The molecular formula is C12H25N3O3S. The van der Waals surface area contributed by atoms with E-state index < -0.39 is 10.0 Å². The van der Waals surface area contributed by atoms with E-state index in [1.54, 1.807) is 4.31 Å². The van der Waals surface area contributed by atoms with Crippen LogP contribution in [0.2, 0.25) is 0 Å². The molecule has 6 nitrogen and oxygen atoms in total. The zero-order valence-electron chi connectivity index (χ0n) is 11.5. The third-order valence-electron chi connectivity index (χ3n) is 3.94. The van der Waals surface area contributed by atoms with Gasteiger partial charge < -0.3 is 10.5 Å². The Morgan fingerprint density at radius 2 is 1.89 bits per heavy atom. The van der Waals surface area contributed by atoms with Crippen LogP contribution in [-0.4, -0.2) is 75.4 Å². The normalized spacial score (nSPS) is 26.9. The molecule has 0 saturated carbocycles. The summed E-state index contributed by atoms with van der Waals surface area (Å²) < 4.78 is 31.3. The summed E-state index contributed by atoms with van der Waals surface area (Å²) in [6.45, 7) is 5.24. The Morgan fingerprint density at radius 3 is 2.58 bits per heavy atom. The molecule has 0 amide bonds. The number of hydrogen-bond acceptors (Lipinski definition) is 5. The van der Waals surface area contributed by atoms with Crippen LogP contribution in [0.3, 0.4) is 0 Å². The van der Waals surface area contributed by atoms with Crippen LogP contribution in [0.5, 0.6) is 0 Å². The predicted octanol–water partition coefficient (Wildman–Crippen LogP) is -0.538. The molecule has 2 saturated heterocycles. The van der Waals surface area contributed by atoms with Crippen LogP contribution in [0.15, 0.2) is 0 Å². The second-order valence-corrected chi connectivity index (χ2v) is 7.35. The van der Waals surface area contributed by atoms with E-state index in [0.29, 0.717) is 32.1 Å². The fourth-order valence-electron chi connectivity index (χ4n) is 2.76. The summed E-state index contributed by atoms with van der Waals surface area (Å²) in [6, 6.07) is 0.369. The van der Waals surface area contributed by atoms with Gasteiger partial charge in [0.15, 0.2) is 0 Å². The SMILES string of the molecule is NCCCCS(=O)(=O)N1CCC(N2CCOCC2)C1. The van der Waals surface area contributed by atoms with E-state index >= 15 is 0 Å². The van der Waals surface area contributed by atoms with Crippen LogP contribution in [0, 0.1) is 0 Å². The Balaban J connectivity index is 1.83. The first kappa shape index (κ1) is 15.2. The van der Waals surface area contributed by atoms with Crippen molar-refractivity contribution in [3.8, 4) is 0 Å². The van der Waals surface area contributed by atoms with Gasteiger partial charge in [0.05, 0.1) is 19.0 Å². The zero-order chi connectivity index (χ0) is 13.7. The van der Waals surface area contributed by atoms with Crippen molar-refractivity contribution in [3.05, 3.63) is 0 Å². The maximum Gasteiger partial charge on any atom is 0.214 e. The second-order valence-electron chi connectivity index (χ2n) is 5.26. The maximum atomic E-state index is 12.2. The van der Waals surface area contributed by atoms with Gasteiger partial charge in [0.2, 0.25) is 10.0 Å². The van der Waals surface area contributed by atoms with Crippen LogP contribution in [0.4, 0.5) is 0 Å². The van der Waals surface area contributed by atoms with Gasteiger partial charge in [-0.1, -0.05) is 0 Å². The van der Waals surface area contributed by atoms with E-state index in [1.165, 1.54) is 0 Å². The third-order valence-corrected chi connectivity index (χ3v) is 5.86. The first-order valence-corrected chi connectivity index (χ1v) is 8.74. The summed E-state index contributed by atoms with van der Waals surface area (Å²) in [5.74, 6) is 0.236. The van der Waals surface area contributed by atoms with Crippen LogP contribution in [-0.2, 0) is 14.8 Å². The van der Waals surface area contributed by atoms with E-state index in [4.69, 9.17) is 10.5 Å². The van der Waals surface area contributed by atoms with E-state index in [9.17, 15) is 8.42 Å². The zero-order valence-corrected chi connectivity index (χ0v) is 12.3. The molecule has 1 unspecified atom stereocenters. The van der Waals surface area contributed by atoms with E-state index in [-0.39, 0.29) is 5.75 Å². The summed E-state index contributed by atoms with van der Waals surface area (Å²) in [6.07, 6.45) is 2.38. The van der Waals surface area contributed by atoms with Crippen molar-refractivity contribution in [2.75, 3.05) is 51.7 Å². The molecule has 2 rings (SSSR count). The van der Waals surface area contributed by atoms with E-state index in [2.05, 4.69) is 4.90 Å². The van der Waals surface area contributed by atoms with Gasteiger partial charge in [-0.05, 0) is 25.8 Å². The lowest BCUT2D eigenvalue weighted by Crippen LogP contribution is -2.45. The average molecular weight is 291 g/mol. The van der Waals surface area contributed by atoms with Gasteiger partial charge in [0, 0.05) is 32.2 Å². The van der Waals surface area contributed by atoms with Gasteiger partial charge in [0.1, 0.15) is 0 Å². The molecule has 2 heterocycles. The largest absolute Gasteiger partial charge is 0.379 e. The minimum atomic E-state index is -3.08. The van der Waals surface area contributed by atoms with Gasteiger partial charge in [-0.15, -0.1) is 0 Å². The quantitative estimate of drug-likeness (QED) is 0.665. The Hall–Kier alpha value is -0.210. The molecule has 2 aliphatic rings. The molecule has 112 valence electrons. The highest BCUT2D eigenvalue weighted by Gasteiger charge is 2.34. The molecule has 0 aromatic carbocycles. The third kappa shape index (κ3) is 4.13. The standard InChI is InChI=1S/C12H25N3O3S/c13-4-1-2-10-19(16,17)15-5-3-12(11-15)14-6-8-18-9-7-14/h12H,1-11,13H2. The van der Waals surface area contributed by atoms with Crippen LogP contribution in [0.1, 0.15) is 19.3 Å². The van der Waals surface area contributed by atoms with Gasteiger partial charge >= 0.3 is 0 Å². The Labute approximate surface area is 115 Å². The lowest BCUT2D eigenvalue weighted by Gasteiger charge is -2.32. The molecule has 0 aromatic heterocycles. The van der Waals surface area contributed by atoms with Gasteiger partial charge in [-0.2, -0.15) is 0 Å². The van der Waals surface area contributed by atoms with Crippen molar-refractivity contribution in [1.29, 1.82) is 0 Å². The molecule has 0 radical (unpaired) electrons. The van der Waals surface area contributed by atoms with Crippen LogP contribution < -0.4 is 5.73 Å². The average Bonchev–Trinajstić information content (AvgIpc) is 2.90. The molecule has 2 fully saturated rings. The number of nitrogens with zero attached hydrogens (tertiary/aromatic N) is 2. The van der Waals surface area contributed by atoms with E-state index in [0.717, 1.165) is 39.1 Å². The lowest BCUT2D eigenvalue weighted by molar-refractivity contribution is 0.0197. The molecule has 2 N–H and O–H groups in total. The summed E-state index contributed by atoms with van der Waals surface area (Å²) in [4.78, 5) is 2.36. The highest BCUT2D eigenvalue weighted by atomic mass is 32.2. The highest BCUT2D eigenvalue weighted by molar-refractivity contribution is 7.89. The minimum absolute atomic E-state index is 0.236. The van der Waals surface area contributed by atoms with Gasteiger partial charge in [-0.3, -0.25) is 4.90 Å². The van der Waals surface area contributed by atoms with Crippen LogP contribution in [0.25, 0.3) is 0 Å². The molecule has 1 atom stereocenters. The lowest BCUT2D eigenvalue weighted by atomic mass is 10.2. The first-order chi connectivity index (χ1) is 9.13. The fourth-order valence-corrected chi connectivity index (χ4v) is 4.37. The smallest absolute Gasteiger partial charge is 0.214 e. The monoisotopic (exact) mass is 291 g/mol. The van der Waals surface area contributed by atoms with E-state index in [1.807, 2.05) is 0 Å². The van der Waals surface area contributed by atoms with Crippen molar-refractivity contribution in [2.24, 2.45) is 5.73 Å². The first-order valence-electron chi connectivity index (χ1n) is 7.13. The molecule has 19 heavy (non-hydrogen) atoms.